The lowest BCUT2D eigenvalue weighted by Crippen LogP contribution is -2.50. The predicted octanol–water partition coefficient (Wildman–Crippen LogP) is 1.69. The van der Waals surface area contributed by atoms with Crippen LogP contribution in [0.15, 0.2) is 18.2 Å². The first kappa shape index (κ1) is 15.7. The van der Waals surface area contributed by atoms with Gasteiger partial charge in [-0.2, -0.15) is 0 Å². The number of carbonyl (C=O) groups is 2. The molecule has 0 spiro atoms. The van der Waals surface area contributed by atoms with Crippen LogP contribution >= 0.6 is 11.6 Å². The lowest BCUT2D eigenvalue weighted by Gasteiger charge is -2.21. The summed E-state index contributed by atoms with van der Waals surface area (Å²) in [6.07, 6.45) is 0.473. The summed E-state index contributed by atoms with van der Waals surface area (Å²) in [7, 11) is 0. The molecule has 5 nitrogen and oxygen atoms in total. The Morgan fingerprint density at radius 2 is 2.10 bits per heavy atom. The third-order valence-electron chi connectivity index (χ3n) is 3.20. The minimum atomic E-state index is -1.13. The second kappa shape index (κ2) is 6.41. The zero-order chi connectivity index (χ0) is 15.6. The second-order valence-electron chi connectivity index (χ2n) is 5.11. The molecule has 1 fully saturated rings. The van der Waals surface area contributed by atoms with Crippen LogP contribution in [0.5, 0.6) is 0 Å². The van der Waals surface area contributed by atoms with Crippen LogP contribution in [-0.4, -0.2) is 29.1 Å². The molecule has 1 aliphatic carbocycles. The van der Waals surface area contributed by atoms with Crippen LogP contribution in [0.4, 0.5) is 10.1 Å². The first-order valence-electron chi connectivity index (χ1n) is 6.63. The molecule has 114 valence electrons. The topological polar surface area (TPSA) is 78.4 Å². The fourth-order valence-corrected chi connectivity index (χ4v) is 1.98. The van der Waals surface area contributed by atoms with E-state index in [1.54, 1.807) is 0 Å². The minimum absolute atomic E-state index is 0.0595. The largest absolute Gasteiger partial charge is 0.391 e. The Bertz CT molecular complexity index is 561. The Kier molecular flexibility index (Phi) is 4.80. The normalized spacial score (nSPS) is 17.0. The maximum absolute atomic E-state index is 13.6. The average molecular weight is 315 g/mol. The van der Waals surface area contributed by atoms with Gasteiger partial charge < -0.3 is 15.7 Å². The van der Waals surface area contributed by atoms with Crippen molar-refractivity contribution in [3.05, 3.63) is 29.0 Å². The van der Waals surface area contributed by atoms with E-state index in [-0.39, 0.29) is 22.5 Å². The third-order valence-corrected chi connectivity index (χ3v) is 3.43. The molecular formula is C14H16ClFN2O3. The molecule has 1 saturated carbocycles. The number of anilines is 1. The van der Waals surface area contributed by atoms with Gasteiger partial charge in [0.15, 0.2) is 0 Å². The lowest BCUT2D eigenvalue weighted by molar-refractivity contribution is -0.129. The molecule has 2 atom stereocenters. The van der Waals surface area contributed by atoms with E-state index < -0.39 is 23.9 Å². The highest BCUT2D eigenvalue weighted by Crippen LogP contribution is 2.29. The van der Waals surface area contributed by atoms with Gasteiger partial charge in [0.25, 0.3) is 0 Å². The number of aliphatic hydroxyl groups excluding tert-OH is 1. The van der Waals surface area contributed by atoms with Gasteiger partial charge in [-0.3, -0.25) is 9.59 Å². The van der Waals surface area contributed by atoms with Crippen molar-refractivity contribution in [1.82, 2.24) is 5.32 Å². The summed E-state index contributed by atoms with van der Waals surface area (Å²) in [5.41, 5.74) is -0.0595. The van der Waals surface area contributed by atoms with Crippen LogP contribution in [0.25, 0.3) is 0 Å². The van der Waals surface area contributed by atoms with Crippen LogP contribution in [0.3, 0.4) is 0 Å². The van der Waals surface area contributed by atoms with Gasteiger partial charge >= 0.3 is 0 Å². The molecule has 0 bridgehead atoms. The van der Waals surface area contributed by atoms with Gasteiger partial charge in [-0.25, -0.2) is 4.39 Å². The van der Waals surface area contributed by atoms with E-state index in [9.17, 15) is 19.1 Å². The molecule has 0 heterocycles. The number of rotatable bonds is 5. The van der Waals surface area contributed by atoms with E-state index >= 15 is 0 Å². The molecule has 0 aromatic heterocycles. The molecule has 1 aromatic rings. The molecular weight excluding hydrogens is 299 g/mol. The SMILES string of the molecule is CC(O)C(NC(=O)C1CC1)C(=O)Nc1ccc(Cl)cc1F. The molecule has 0 aliphatic heterocycles. The van der Waals surface area contributed by atoms with Gasteiger partial charge in [0.2, 0.25) is 11.8 Å². The summed E-state index contributed by atoms with van der Waals surface area (Å²) in [6, 6.07) is 2.68. The van der Waals surface area contributed by atoms with Crippen LogP contribution in [-0.2, 0) is 9.59 Å². The van der Waals surface area contributed by atoms with E-state index in [1.807, 2.05) is 0 Å². The van der Waals surface area contributed by atoms with Crippen molar-refractivity contribution >= 4 is 29.1 Å². The highest BCUT2D eigenvalue weighted by Gasteiger charge is 2.34. The Balaban J connectivity index is 2.05. The van der Waals surface area contributed by atoms with Gasteiger partial charge in [0.05, 0.1) is 11.8 Å². The molecule has 0 radical (unpaired) electrons. The van der Waals surface area contributed by atoms with E-state index in [4.69, 9.17) is 11.6 Å². The van der Waals surface area contributed by atoms with Crippen molar-refractivity contribution in [2.45, 2.75) is 31.9 Å². The van der Waals surface area contributed by atoms with Gasteiger partial charge in [0, 0.05) is 10.9 Å². The number of nitrogens with one attached hydrogen (secondary N) is 2. The summed E-state index contributed by atoms with van der Waals surface area (Å²) in [5, 5.41) is 14.7. The minimum Gasteiger partial charge on any atom is -0.391 e. The Morgan fingerprint density at radius 3 is 2.62 bits per heavy atom. The van der Waals surface area contributed by atoms with Crippen molar-refractivity contribution in [2.24, 2.45) is 5.92 Å². The number of amides is 2. The van der Waals surface area contributed by atoms with Crippen molar-refractivity contribution in [3.8, 4) is 0 Å². The van der Waals surface area contributed by atoms with Crippen LogP contribution < -0.4 is 10.6 Å². The van der Waals surface area contributed by atoms with Crippen LogP contribution in [0.2, 0.25) is 5.02 Å². The molecule has 1 aromatic carbocycles. The first-order chi connectivity index (χ1) is 9.88. The number of benzene rings is 1. The molecule has 21 heavy (non-hydrogen) atoms. The van der Waals surface area contributed by atoms with E-state index in [1.165, 1.54) is 19.1 Å². The molecule has 7 heteroatoms. The standard InChI is InChI=1S/C14H16ClFN2O3/c1-7(19)12(18-13(20)8-2-3-8)14(21)17-11-5-4-9(15)6-10(11)16/h4-8,12,19H,2-3H2,1H3,(H,17,21)(H,18,20). The number of aliphatic hydroxyl groups is 1. The molecule has 3 N–H and O–H groups in total. The third kappa shape index (κ3) is 4.15. The number of carbonyl (C=O) groups excluding carboxylic acids is 2. The van der Waals surface area contributed by atoms with Crippen molar-refractivity contribution in [3.63, 3.8) is 0 Å². The van der Waals surface area contributed by atoms with Crippen molar-refractivity contribution < 1.29 is 19.1 Å². The van der Waals surface area contributed by atoms with Gasteiger partial charge in [-0.1, -0.05) is 11.6 Å². The van der Waals surface area contributed by atoms with Crippen molar-refractivity contribution in [1.29, 1.82) is 0 Å². The highest BCUT2D eigenvalue weighted by molar-refractivity contribution is 6.30. The van der Waals surface area contributed by atoms with Crippen LogP contribution in [0.1, 0.15) is 19.8 Å². The molecule has 1 aliphatic rings. The first-order valence-corrected chi connectivity index (χ1v) is 7.00. The monoisotopic (exact) mass is 314 g/mol. The Morgan fingerprint density at radius 1 is 1.43 bits per heavy atom. The maximum atomic E-state index is 13.6. The van der Waals surface area contributed by atoms with E-state index in [2.05, 4.69) is 10.6 Å². The molecule has 2 unspecified atom stereocenters. The van der Waals surface area contributed by atoms with Gasteiger partial charge in [-0.05, 0) is 38.0 Å². The average Bonchev–Trinajstić information content (AvgIpc) is 3.22. The Labute approximate surface area is 126 Å². The summed E-state index contributed by atoms with van der Waals surface area (Å²) in [6.45, 7) is 1.38. The highest BCUT2D eigenvalue weighted by atomic mass is 35.5. The zero-order valence-corrected chi connectivity index (χ0v) is 12.2. The van der Waals surface area contributed by atoms with Gasteiger partial charge in [-0.15, -0.1) is 0 Å². The smallest absolute Gasteiger partial charge is 0.249 e. The van der Waals surface area contributed by atoms with Crippen molar-refractivity contribution in [2.75, 3.05) is 5.32 Å². The number of hydrogen-bond acceptors (Lipinski definition) is 3. The molecule has 0 saturated heterocycles. The number of hydrogen-bond donors (Lipinski definition) is 3. The Hall–Kier alpha value is -1.66. The number of halogens is 2. The lowest BCUT2D eigenvalue weighted by atomic mass is 10.1. The second-order valence-corrected chi connectivity index (χ2v) is 5.55. The summed E-state index contributed by atoms with van der Waals surface area (Å²) in [4.78, 5) is 23.8. The molecule has 2 rings (SSSR count). The van der Waals surface area contributed by atoms with E-state index in [0.717, 1.165) is 18.9 Å². The van der Waals surface area contributed by atoms with Gasteiger partial charge in [0.1, 0.15) is 11.9 Å². The summed E-state index contributed by atoms with van der Waals surface area (Å²) in [5.74, 6) is -1.73. The predicted molar refractivity (Wildman–Crippen MR) is 76.4 cm³/mol. The quantitative estimate of drug-likeness (QED) is 0.774. The molecule has 2 amide bonds. The zero-order valence-electron chi connectivity index (χ0n) is 11.4. The maximum Gasteiger partial charge on any atom is 0.249 e. The fraction of sp³-hybridized carbons (Fsp3) is 0.429. The van der Waals surface area contributed by atoms with E-state index in [0.29, 0.717) is 0 Å². The van der Waals surface area contributed by atoms with Crippen LogP contribution in [0, 0.1) is 11.7 Å². The summed E-state index contributed by atoms with van der Waals surface area (Å²) < 4.78 is 13.6. The fourth-order valence-electron chi connectivity index (χ4n) is 1.82. The summed E-state index contributed by atoms with van der Waals surface area (Å²) >= 11 is 5.63.